The summed E-state index contributed by atoms with van der Waals surface area (Å²) in [5.74, 6) is 0.416. The van der Waals surface area contributed by atoms with Gasteiger partial charge in [0.15, 0.2) is 5.79 Å². The highest BCUT2D eigenvalue weighted by atomic mass is 127. The van der Waals surface area contributed by atoms with Crippen LogP contribution < -0.4 is 0 Å². The minimum atomic E-state index is -0.643. The molecule has 2 aromatic rings. The number of piperidine rings is 1. The lowest BCUT2D eigenvalue weighted by Crippen LogP contribution is -2.47. The van der Waals surface area contributed by atoms with E-state index in [0.29, 0.717) is 36.0 Å². The van der Waals surface area contributed by atoms with Gasteiger partial charge in [0.1, 0.15) is 28.8 Å². The first-order chi connectivity index (χ1) is 16.3. The van der Waals surface area contributed by atoms with Gasteiger partial charge in [-0.15, -0.1) is 0 Å². The van der Waals surface area contributed by atoms with Gasteiger partial charge in [0.25, 0.3) is 0 Å². The van der Waals surface area contributed by atoms with Gasteiger partial charge in [-0.1, -0.05) is 18.5 Å². The van der Waals surface area contributed by atoms with Crippen LogP contribution in [0, 0.1) is 21.3 Å². The summed E-state index contributed by atoms with van der Waals surface area (Å²) in [7, 11) is 0. The SMILES string of the molecule is CC1CN(C(=O)OC(C)(C)C)CCC1[C@H]1C[C@@H](n2cc(I)c3c(Cl)ncnc32)[C@@H]2OC(C)(C)O[C@@H]21. The molecule has 2 unspecified atom stereocenters. The fourth-order valence-electron chi connectivity index (χ4n) is 6.23. The summed E-state index contributed by atoms with van der Waals surface area (Å²) >= 11 is 8.72. The number of halogens is 2. The largest absolute Gasteiger partial charge is 0.444 e. The Morgan fingerprint density at radius 1 is 1.23 bits per heavy atom. The lowest BCUT2D eigenvalue weighted by Gasteiger charge is -2.41. The molecule has 5 rings (SSSR count). The molecule has 35 heavy (non-hydrogen) atoms. The second-order valence-corrected chi connectivity index (χ2v) is 13.2. The van der Waals surface area contributed by atoms with E-state index in [9.17, 15) is 4.79 Å². The molecule has 2 aromatic heterocycles. The average Bonchev–Trinajstić information content (AvgIpc) is 3.35. The van der Waals surface area contributed by atoms with Gasteiger partial charge in [0, 0.05) is 22.9 Å². The van der Waals surface area contributed by atoms with Crippen molar-refractivity contribution in [1.29, 1.82) is 0 Å². The first-order valence-electron chi connectivity index (χ1n) is 12.3. The van der Waals surface area contributed by atoms with Crippen molar-refractivity contribution in [2.75, 3.05) is 13.1 Å². The molecule has 1 amide bonds. The maximum atomic E-state index is 12.7. The number of nitrogens with zero attached hydrogens (tertiary/aromatic N) is 4. The summed E-state index contributed by atoms with van der Waals surface area (Å²) in [5, 5.41) is 1.35. The molecule has 6 atom stereocenters. The van der Waals surface area contributed by atoms with Crippen LogP contribution in [0.1, 0.15) is 60.4 Å². The quantitative estimate of drug-likeness (QED) is 0.320. The summed E-state index contributed by atoms with van der Waals surface area (Å²) in [6, 6.07) is 0.0832. The molecule has 0 spiro atoms. The Labute approximate surface area is 225 Å². The fourth-order valence-corrected chi connectivity index (χ4v) is 7.42. The third-order valence-corrected chi connectivity index (χ3v) is 8.63. The highest BCUT2D eigenvalue weighted by Gasteiger charge is 2.57. The predicted molar refractivity (Wildman–Crippen MR) is 141 cm³/mol. The zero-order chi connectivity index (χ0) is 25.3. The Morgan fingerprint density at radius 2 is 1.94 bits per heavy atom. The second kappa shape index (κ2) is 8.99. The summed E-state index contributed by atoms with van der Waals surface area (Å²) < 4.78 is 21.9. The van der Waals surface area contributed by atoms with Crippen LogP contribution >= 0.6 is 34.2 Å². The van der Waals surface area contributed by atoms with Gasteiger partial charge < -0.3 is 23.7 Å². The molecule has 2 aliphatic heterocycles. The lowest BCUT2D eigenvalue weighted by molar-refractivity contribution is -0.164. The maximum Gasteiger partial charge on any atom is 0.410 e. The maximum absolute atomic E-state index is 12.7. The van der Waals surface area contributed by atoms with Crippen LogP contribution in [0.15, 0.2) is 12.5 Å². The normalized spacial score (nSPS) is 32.7. The van der Waals surface area contributed by atoms with Crippen LogP contribution in [0.4, 0.5) is 4.79 Å². The van der Waals surface area contributed by atoms with E-state index < -0.39 is 11.4 Å². The highest BCUT2D eigenvalue weighted by Crippen LogP contribution is 2.52. The zero-order valence-corrected chi connectivity index (χ0v) is 24.0. The third kappa shape index (κ3) is 4.78. The first-order valence-corrected chi connectivity index (χ1v) is 13.8. The lowest BCUT2D eigenvalue weighted by atomic mass is 9.75. The van der Waals surface area contributed by atoms with E-state index in [1.165, 1.54) is 6.33 Å². The summed E-state index contributed by atoms with van der Waals surface area (Å²) in [5.41, 5.74) is 0.340. The van der Waals surface area contributed by atoms with Gasteiger partial charge in [-0.05, 0) is 87.8 Å². The van der Waals surface area contributed by atoms with E-state index >= 15 is 0 Å². The van der Waals surface area contributed by atoms with Crippen molar-refractivity contribution in [2.24, 2.45) is 17.8 Å². The molecule has 0 N–H and O–H groups in total. The van der Waals surface area contributed by atoms with E-state index in [-0.39, 0.29) is 24.3 Å². The molecule has 1 aliphatic carbocycles. The van der Waals surface area contributed by atoms with Crippen molar-refractivity contribution >= 4 is 51.3 Å². The van der Waals surface area contributed by atoms with E-state index in [1.807, 2.05) is 39.5 Å². The minimum absolute atomic E-state index is 0.0112. The molecule has 8 nitrogen and oxygen atoms in total. The van der Waals surface area contributed by atoms with Crippen molar-refractivity contribution in [3.8, 4) is 0 Å². The van der Waals surface area contributed by atoms with E-state index in [1.54, 1.807) is 0 Å². The van der Waals surface area contributed by atoms with Gasteiger partial charge in [-0.2, -0.15) is 0 Å². The monoisotopic (exact) mass is 616 g/mol. The standard InChI is InChI=1S/C25H34ClIN4O4/c1-13-10-30(23(32)35-24(2,3)4)8-7-14(13)15-9-17(20-19(15)33-25(5,6)34-20)31-11-16(27)18-21(26)28-12-29-22(18)31/h11-15,17,19-20H,7-10H2,1-6H3/t13?,14?,15-,17-,19-,20+/m1/s1. The topological polar surface area (TPSA) is 78.7 Å². The molecule has 3 aliphatic rings. The Bertz CT molecular complexity index is 1130. The van der Waals surface area contributed by atoms with Crippen molar-refractivity contribution in [3.63, 3.8) is 0 Å². The number of hydrogen-bond acceptors (Lipinski definition) is 6. The van der Waals surface area contributed by atoms with Gasteiger partial charge in [-0.25, -0.2) is 14.8 Å². The van der Waals surface area contributed by atoms with Crippen molar-refractivity contribution in [3.05, 3.63) is 21.2 Å². The number of carbonyl (C=O) groups is 1. The molecule has 2 saturated heterocycles. The van der Waals surface area contributed by atoms with Crippen LogP contribution in [0.2, 0.25) is 5.15 Å². The predicted octanol–water partition coefficient (Wildman–Crippen LogP) is 5.66. The van der Waals surface area contributed by atoms with Gasteiger partial charge in [-0.3, -0.25) is 0 Å². The number of rotatable bonds is 2. The van der Waals surface area contributed by atoms with Crippen LogP contribution in [-0.2, 0) is 14.2 Å². The summed E-state index contributed by atoms with van der Waals surface area (Å²) in [4.78, 5) is 23.3. The Balaban J connectivity index is 1.41. The van der Waals surface area contributed by atoms with Crippen LogP contribution in [0.5, 0.6) is 0 Å². The van der Waals surface area contributed by atoms with Crippen LogP contribution in [-0.4, -0.2) is 62.2 Å². The highest BCUT2D eigenvalue weighted by molar-refractivity contribution is 14.1. The second-order valence-electron chi connectivity index (χ2n) is 11.6. The fraction of sp³-hybridized carbons (Fsp3) is 0.720. The van der Waals surface area contributed by atoms with E-state index in [4.69, 9.17) is 25.8 Å². The minimum Gasteiger partial charge on any atom is -0.444 e. The number of likely N-dealkylation sites (tertiary alicyclic amines) is 1. The van der Waals surface area contributed by atoms with Crippen LogP contribution in [0.25, 0.3) is 11.0 Å². The average molecular weight is 617 g/mol. The first kappa shape index (κ1) is 25.5. The number of carbonyl (C=O) groups excluding carboxylic acids is 1. The Kier molecular flexibility index (Phi) is 6.54. The van der Waals surface area contributed by atoms with Crippen LogP contribution in [0.3, 0.4) is 0 Å². The molecule has 192 valence electrons. The van der Waals surface area contributed by atoms with Gasteiger partial charge in [0.05, 0.1) is 17.5 Å². The number of aromatic nitrogens is 3. The van der Waals surface area contributed by atoms with Crippen molar-refractivity contribution < 1.29 is 19.0 Å². The Morgan fingerprint density at radius 3 is 2.63 bits per heavy atom. The number of hydrogen-bond donors (Lipinski definition) is 0. The third-order valence-electron chi connectivity index (χ3n) is 7.53. The Hall–Kier alpha value is -1.17. The molecular weight excluding hydrogens is 583 g/mol. The molecule has 3 fully saturated rings. The van der Waals surface area contributed by atoms with Crippen molar-refractivity contribution in [2.45, 2.75) is 84.0 Å². The molecule has 0 bridgehead atoms. The molecule has 4 heterocycles. The smallest absolute Gasteiger partial charge is 0.410 e. The van der Waals surface area contributed by atoms with Gasteiger partial charge in [0.2, 0.25) is 0 Å². The molecule has 1 saturated carbocycles. The number of fused-ring (bicyclic) bond motifs is 2. The number of amides is 1. The van der Waals surface area contributed by atoms with Crippen molar-refractivity contribution in [1.82, 2.24) is 19.4 Å². The van der Waals surface area contributed by atoms with E-state index in [2.05, 4.69) is 50.2 Å². The molecule has 0 radical (unpaired) electrons. The molecular formula is C25H34ClIN4O4. The molecule has 0 aromatic carbocycles. The molecule has 10 heteroatoms. The summed E-state index contributed by atoms with van der Waals surface area (Å²) in [6.07, 6.45) is 5.16. The number of ether oxygens (including phenoxy) is 3. The zero-order valence-electron chi connectivity index (χ0n) is 21.1. The van der Waals surface area contributed by atoms with E-state index in [0.717, 1.165) is 27.4 Å². The van der Waals surface area contributed by atoms with Gasteiger partial charge >= 0.3 is 6.09 Å². The summed E-state index contributed by atoms with van der Waals surface area (Å²) in [6.45, 7) is 13.3.